The molecule has 0 aliphatic heterocycles. The van der Waals surface area contributed by atoms with E-state index in [0.717, 1.165) is 6.54 Å². The highest BCUT2D eigenvalue weighted by atomic mass is 35.5. The lowest BCUT2D eigenvalue weighted by molar-refractivity contribution is 0.410. The predicted octanol–water partition coefficient (Wildman–Crippen LogP) is 3.13. The van der Waals surface area contributed by atoms with Crippen LogP contribution in [-0.4, -0.2) is 32.4 Å². The van der Waals surface area contributed by atoms with Crippen molar-refractivity contribution in [2.24, 2.45) is 0 Å². The zero-order valence-electron chi connectivity index (χ0n) is 12.1. The molecular formula is C13H20Cl2N2O2S. The van der Waals surface area contributed by atoms with Crippen LogP contribution in [0.4, 0.5) is 0 Å². The standard InChI is InChI=1S/C13H20Cl2N2O2S/c1-5-16-8-10-6-11(14)7-12(13(10)15)20(18,19)17(4)9(2)3/h6-7,9,16H,5,8H2,1-4H3. The second-order valence-corrected chi connectivity index (χ2v) is 7.55. The van der Waals surface area contributed by atoms with Crippen molar-refractivity contribution in [3.8, 4) is 0 Å². The van der Waals surface area contributed by atoms with Crippen molar-refractivity contribution in [1.82, 2.24) is 9.62 Å². The maximum atomic E-state index is 12.5. The van der Waals surface area contributed by atoms with Crippen molar-refractivity contribution in [2.45, 2.75) is 38.3 Å². The smallest absolute Gasteiger partial charge is 0.244 e. The van der Waals surface area contributed by atoms with Crippen molar-refractivity contribution in [3.05, 3.63) is 27.7 Å². The molecule has 1 N–H and O–H groups in total. The van der Waals surface area contributed by atoms with Gasteiger partial charge < -0.3 is 5.32 Å². The number of hydrogen-bond acceptors (Lipinski definition) is 3. The van der Waals surface area contributed by atoms with E-state index in [0.29, 0.717) is 17.1 Å². The first-order valence-corrected chi connectivity index (χ1v) is 8.58. The van der Waals surface area contributed by atoms with Gasteiger partial charge in [-0.3, -0.25) is 0 Å². The summed E-state index contributed by atoms with van der Waals surface area (Å²) < 4.78 is 26.3. The average Bonchev–Trinajstić information content (AvgIpc) is 2.37. The van der Waals surface area contributed by atoms with Gasteiger partial charge in [0, 0.05) is 24.7 Å². The van der Waals surface area contributed by atoms with Crippen molar-refractivity contribution >= 4 is 33.2 Å². The van der Waals surface area contributed by atoms with Crippen molar-refractivity contribution in [2.75, 3.05) is 13.6 Å². The number of nitrogens with one attached hydrogen (secondary N) is 1. The molecule has 7 heteroatoms. The van der Waals surface area contributed by atoms with Crippen LogP contribution < -0.4 is 5.32 Å². The summed E-state index contributed by atoms with van der Waals surface area (Å²) in [7, 11) is -2.12. The number of benzene rings is 1. The minimum atomic E-state index is -3.65. The number of hydrogen-bond donors (Lipinski definition) is 1. The number of halogens is 2. The van der Waals surface area contributed by atoms with Gasteiger partial charge in [-0.05, 0) is 38.1 Å². The summed E-state index contributed by atoms with van der Waals surface area (Å²) in [6, 6.07) is 2.92. The quantitative estimate of drug-likeness (QED) is 0.866. The molecule has 0 aliphatic carbocycles. The highest BCUT2D eigenvalue weighted by molar-refractivity contribution is 7.89. The first kappa shape index (κ1) is 17.7. The van der Waals surface area contributed by atoms with Crippen molar-refractivity contribution in [1.29, 1.82) is 0 Å². The van der Waals surface area contributed by atoms with Gasteiger partial charge >= 0.3 is 0 Å². The van der Waals surface area contributed by atoms with E-state index in [4.69, 9.17) is 23.2 Å². The van der Waals surface area contributed by atoms with E-state index in [-0.39, 0.29) is 16.0 Å². The summed E-state index contributed by atoms with van der Waals surface area (Å²) in [6.07, 6.45) is 0. The van der Waals surface area contributed by atoms with Crippen LogP contribution in [0.2, 0.25) is 10.0 Å². The van der Waals surface area contributed by atoms with Gasteiger partial charge in [-0.25, -0.2) is 8.42 Å². The van der Waals surface area contributed by atoms with E-state index >= 15 is 0 Å². The fourth-order valence-electron chi connectivity index (χ4n) is 1.63. The Kier molecular flexibility index (Phi) is 6.28. The molecule has 1 aromatic carbocycles. The summed E-state index contributed by atoms with van der Waals surface area (Å²) in [5.41, 5.74) is 0.678. The lowest BCUT2D eigenvalue weighted by Crippen LogP contribution is -2.33. The minimum absolute atomic E-state index is 0.0516. The van der Waals surface area contributed by atoms with Gasteiger partial charge in [0.05, 0.1) is 5.02 Å². The lowest BCUT2D eigenvalue weighted by atomic mass is 10.2. The first-order chi connectivity index (χ1) is 9.21. The molecule has 0 spiro atoms. The highest BCUT2D eigenvalue weighted by Crippen LogP contribution is 2.31. The Hall–Kier alpha value is -0.330. The van der Waals surface area contributed by atoms with E-state index < -0.39 is 10.0 Å². The zero-order valence-corrected chi connectivity index (χ0v) is 14.4. The SMILES string of the molecule is CCNCc1cc(Cl)cc(S(=O)(=O)N(C)C(C)C)c1Cl. The van der Waals surface area contributed by atoms with E-state index in [1.54, 1.807) is 19.9 Å². The maximum Gasteiger partial charge on any atom is 0.244 e. The molecule has 0 saturated carbocycles. The van der Waals surface area contributed by atoms with Gasteiger partial charge in [-0.2, -0.15) is 4.31 Å². The van der Waals surface area contributed by atoms with Crippen LogP contribution in [0, 0.1) is 0 Å². The Labute approximate surface area is 131 Å². The van der Waals surface area contributed by atoms with Gasteiger partial charge in [0.2, 0.25) is 10.0 Å². The topological polar surface area (TPSA) is 49.4 Å². The fourth-order valence-corrected chi connectivity index (χ4v) is 3.90. The van der Waals surface area contributed by atoms with Crippen LogP contribution in [0.15, 0.2) is 17.0 Å². The first-order valence-electron chi connectivity index (χ1n) is 6.38. The second kappa shape index (κ2) is 7.09. The normalized spacial score (nSPS) is 12.4. The van der Waals surface area contributed by atoms with Gasteiger partial charge in [-0.1, -0.05) is 30.1 Å². The molecule has 0 unspecified atom stereocenters. The Morgan fingerprint density at radius 1 is 1.30 bits per heavy atom. The lowest BCUT2D eigenvalue weighted by Gasteiger charge is -2.22. The third kappa shape index (κ3) is 3.86. The molecular weight excluding hydrogens is 319 g/mol. The predicted molar refractivity (Wildman–Crippen MR) is 83.9 cm³/mol. The van der Waals surface area contributed by atoms with E-state index in [1.807, 2.05) is 6.92 Å². The summed E-state index contributed by atoms with van der Waals surface area (Å²) in [5, 5.41) is 3.70. The molecule has 0 bridgehead atoms. The minimum Gasteiger partial charge on any atom is -0.313 e. The van der Waals surface area contributed by atoms with Crippen LogP contribution in [0.3, 0.4) is 0 Å². The molecule has 0 aromatic heterocycles. The third-order valence-electron chi connectivity index (χ3n) is 3.03. The third-order valence-corrected chi connectivity index (χ3v) is 5.86. The molecule has 4 nitrogen and oxygen atoms in total. The monoisotopic (exact) mass is 338 g/mol. The number of rotatable bonds is 6. The van der Waals surface area contributed by atoms with Gasteiger partial charge in [0.15, 0.2) is 0 Å². The second-order valence-electron chi connectivity index (χ2n) is 4.77. The number of sulfonamides is 1. The molecule has 0 radical (unpaired) electrons. The number of nitrogens with zero attached hydrogens (tertiary/aromatic N) is 1. The van der Waals surface area contributed by atoms with Crippen LogP contribution in [0.1, 0.15) is 26.3 Å². The summed E-state index contributed by atoms with van der Waals surface area (Å²) >= 11 is 12.3. The Morgan fingerprint density at radius 3 is 2.40 bits per heavy atom. The molecule has 0 atom stereocenters. The van der Waals surface area contributed by atoms with Crippen LogP contribution in [0.5, 0.6) is 0 Å². The Bertz CT molecular complexity index is 574. The average molecular weight is 339 g/mol. The summed E-state index contributed by atoms with van der Waals surface area (Å²) in [5.74, 6) is 0. The largest absolute Gasteiger partial charge is 0.313 e. The molecule has 20 heavy (non-hydrogen) atoms. The molecule has 0 heterocycles. The van der Waals surface area contributed by atoms with Gasteiger partial charge in [0.25, 0.3) is 0 Å². The van der Waals surface area contributed by atoms with Crippen molar-refractivity contribution in [3.63, 3.8) is 0 Å². The Morgan fingerprint density at radius 2 is 1.90 bits per heavy atom. The highest BCUT2D eigenvalue weighted by Gasteiger charge is 2.27. The molecule has 0 fully saturated rings. The zero-order chi connectivity index (χ0) is 15.5. The summed E-state index contributed by atoms with van der Waals surface area (Å²) in [6.45, 7) is 6.80. The molecule has 114 valence electrons. The Balaban J connectivity index is 3.35. The van der Waals surface area contributed by atoms with E-state index in [9.17, 15) is 8.42 Å². The molecule has 0 aliphatic rings. The summed E-state index contributed by atoms with van der Waals surface area (Å²) in [4.78, 5) is 0.0516. The van der Waals surface area contributed by atoms with E-state index in [2.05, 4.69) is 5.32 Å². The van der Waals surface area contributed by atoms with Gasteiger partial charge in [-0.15, -0.1) is 0 Å². The fraction of sp³-hybridized carbons (Fsp3) is 0.538. The maximum absolute atomic E-state index is 12.5. The van der Waals surface area contributed by atoms with E-state index in [1.165, 1.54) is 17.4 Å². The van der Waals surface area contributed by atoms with Crippen LogP contribution in [-0.2, 0) is 16.6 Å². The van der Waals surface area contributed by atoms with Crippen LogP contribution >= 0.6 is 23.2 Å². The van der Waals surface area contributed by atoms with Gasteiger partial charge in [0.1, 0.15) is 4.90 Å². The van der Waals surface area contributed by atoms with Crippen molar-refractivity contribution < 1.29 is 8.42 Å². The van der Waals surface area contributed by atoms with Crippen LogP contribution in [0.25, 0.3) is 0 Å². The molecule has 1 rings (SSSR count). The molecule has 1 aromatic rings. The molecule has 0 saturated heterocycles. The molecule has 0 amide bonds.